The van der Waals surface area contributed by atoms with Crippen molar-refractivity contribution < 1.29 is 4.39 Å². The summed E-state index contributed by atoms with van der Waals surface area (Å²) in [5.41, 5.74) is 1.43. The Morgan fingerprint density at radius 3 is 2.86 bits per heavy atom. The first-order valence-electron chi connectivity index (χ1n) is 6.39. The topological polar surface area (TPSA) is 48.5 Å². The molecule has 0 saturated carbocycles. The van der Waals surface area contributed by atoms with Gasteiger partial charge in [-0.15, -0.1) is 16.7 Å². The van der Waals surface area contributed by atoms with Crippen LogP contribution in [0.4, 0.5) is 4.39 Å². The summed E-state index contributed by atoms with van der Waals surface area (Å²) >= 11 is 9.41. The minimum atomic E-state index is -0.336. The molecule has 3 aromatic rings. The lowest BCUT2D eigenvalue weighted by molar-refractivity contribution is 0.515. The van der Waals surface area contributed by atoms with Crippen LogP contribution >= 0.6 is 27.5 Å². The van der Waals surface area contributed by atoms with Gasteiger partial charge in [-0.05, 0) is 28.9 Å². The summed E-state index contributed by atoms with van der Waals surface area (Å²) in [7, 11) is 0. The van der Waals surface area contributed by atoms with Gasteiger partial charge in [0, 0.05) is 18.8 Å². The number of fused-ring (bicyclic) bond motifs is 1. The molecule has 1 atom stereocenters. The molecule has 0 spiro atoms. The monoisotopic (exact) mass is 371 g/mol. The highest BCUT2D eigenvalue weighted by Crippen LogP contribution is 2.28. The molecule has 1 unspecified atom stereocenters. The van der Waals surface area contributed by atoms with Crippen molar-refractivity contribution in [3.05, 3.63) is 40.6 Å². The molecule has 0 amide bonds. The van der Waals surface area contributed by atoms with Gasteiger partial charge >= 0.3 is 0 Å². The molecule has 0 aliphatic heterocycles. The molecule has 1 aromatic carbocycles. The molecule has 110 valence electrons. The van der Waals surface area contributed by atoms with Crippen LogP contribution in [-0.2, 0) is 13.1 Å². The third kappa shape index (κ3) is 2.80. The van der Waals surface area contributed by atoms with Gasteiger partial charge in [0.1, 0.15) is 11.6 Å². The summed E-state index contributed by atoms with van der Waals surface area (Å²) in [5, 5.41) is 7.44. The number of nitrogens with zero attached hydrogens (tertiary/aromatic N) is 5. The van der Waals surface area contributed by atoms with E-state index in [1.165, 1.54) is 6.07 Å². The number of rotatable bonds is 4. The molecule has 3 rings (SSSR count). The molecule has 0 bridgehead atoms. The van der Waals surface area contributed by atoms with Gasteiger partial charge < -0.3 is 4.57 Å². The smallest absolute Gasteiger partial charge is 0.139 e. The van der Waals surface area contributed by atoms with Crippen molar-refractivity contribution >= 4 is 38.6 Å². The van der Waals surface area contributed by atoms with Crippen molar-refractivity contribution in [1.82, 2.24) is 24.5 Å². The Bertz CT molecular complexity index is 769. The van der Waals surface area contributed by atoms with Crippen LogP contribution in [-0.4, -0.2) is 24.5 Å². The Kier molecular flexibility index (Phi) is 3.95. The van der Waals surface area contributed by atoms with Crippen molar-refractivity contribution in [1.29, 1.82) is 0 Å². The van der Waals surface area contributed by atoms with E-state index < -0.39 is 0 Å². The molecule has 2 heterocycles. The summed E-state index contributed by atoms with van der Waals surface area (Å²) in [6.45, 7) is 3.11. The largest absolute Gasteiger partial charge is 0.325 e. The van der Waals surface area contributed by atoms with Crippen molar-refractivity contribution in [3.63, 3.8) is 0 Å². The lowest BCUT2D eigenvalue weighted by Crippen LogP contribution is -2.11. The van der Waals surface area contributed by atoms with E-state index in [9.17, 15) is 4.39 Å². The number of aryl methyl sites for hydroxylation is 2. The zero-order valence-electron chi connectivity index (χ0n) is 11.2. The van der Waals surface area contributed by atoms with Crippen molar-refractivity contribution in [3.8, 4) is 0 Å². The highest BCUT2D eigenvalue weighted by atomic mass is 79.9. The summed E-state index contributed by atoms with van der Waals surface area (Å²) < 4.78 is 17.8. The van der Waals surface area contributed by atoms with Crippen LogP contribution in [0.5, 0.6) is 0 Å². The fraction of sp³-hybridized carbons (Fsp3) is 0.308. The van der Waals surface area contributed by atoms with E-state index in [1.54, 1.807) is 23.1 Å². The van der Waals surface area contributed by atoms with Crippen molar-refractivity contribution in [2.45, 2.75) is 25.4 Å². The molecule has 2 aromatic heterocycles. The summed E-state index contributed by atoms with van der Waals surface area (Å²) in [6.07, 6.45) is 3.42. The molecule has 0 aliphatic carbocycles. The average molecular weight is 373 g/mol. The van der Waals surface area contributed by atoms with Crippen LogP contribution in [0, 0.1) is 5.82 Å². The van der Waals surface area contributed by atoms with E-state index >= 15 is 0 Å². The Hall–Kier alpha value is -1.47. The number of halogens is 3. The molecular weight excluding hydrogens is 361 g/mol. The molecule has 5 nitrogen and oxygen atoms in total. The molecule has 0 radical (unpaired) electrons. The quantitative estimate of drug-likeness (QED) is 0.658. The van der Waals surface area contributed by atoms with E-state index in [0.29, 0.717) is 28.9 Å². The van der Waals surface area contributed by atoms with E-state index in [-0.39, 0.29) is 11.2 Å². The second-order valence-electron chi connectivity index (χ2n) is 4.66. The fourth-order valence-corrected chi connectivity index (χ4v) is 2.73. The predicted molar refractivity (Wildman–Crippen MR) is 81.7 cm³/mol. The Balaban J connectivity index is 2.04. The maximum absolute atomic E-state index is 13.6. The molecule has 0 aliphatic rings. The maximum Gasteiger partial charge on any atom is 0.139 e. The van der Waals surface area contributed by atoms with Crippen LogP contribution in [0.25, 0.3) is 11.0 Å². The number of hydrogen-bond acceptors (Lipinski definition) is 3. The fourth-order valence-electron chi connectivity index (χ4n) is 2.23. The van der Waals surface area contributed by atoms with Gasteiger partial charge in [-0.2, -0.15) is 0 Å². The third-order valence-electron chi connectivity index (χ3n) is 3.20. The van der Waals surface area contributed by atoms with Gasteiger partial charge in [-0.1, -0.05) is 5.21 Å². The van der Waals surface area contributed by atoms with E-state index in [1.807, 2.05) is 11.5 Å². The zero-order chi connectivity index (χ0) is 15.0. The normalized spacial score (nSPS) is 13.0. The Morgan fingerprint density at radius 2 is 2.19 bits per heavy atom. The third-order valence-corrected chi connectivity index (χ3v) is 4.00. The highest BCUT2D eigenvalue weighted by Gasteiger charge is 2.16. The second-order valence-corrected chi connectivity index (χ2v) is 6.17. The zero-order valence-corrected chi connectivity index (χ0v) is 13.5. The van der Waals surface area contributed by atoms with Crippen LogP contribution < -0.4 is 0 Å². The lowest BCUT2D eigenvalue weighted by atomic mass is 10.3. The summed E-state index contributed by atoms with van der Waals surface area (Å²) in [4.78, 5) is 4.44. The van der Waals surface area contributed by atoms with E-state index in [4.69, 9.17) is 11.6 Å². The number of imidazole rings is 1. The van der Waals surface area contributed by atoms with Crippen LogP contribution in [0.2, 0.25) is 0 Å². The first-order chi connectivity index (χ1) is 10.1. The van der Waals surface area contributed by atoms with Gasteiger partial charge in [-0.25, -0.2) is 9.37 Å². The standard InChI is InChI=1S/C13H12BrClFN5/c1-8(15)13-18-11-7-10(16)9(14)6-12(11)21(13)5-4-20-3-2-17-19-20/h2-3,6-8H,4-5H2,1H3. The minimum Gasteiger partial charge on any atom is -0.325 e. The highest BCUT2D eigenvalue weighted by molar-refractivity contribution is 9.10. The Morgan fingerprint density at radius 1 is 1.38 bits per heavy atom. The molecule has 0 fully saturated rings. The first kappa shape index (κ1) is 14.5. The maximum atomic E-state index is 13.6. The van der Waals surface area contributed by atoms with Crippen LogP contribution in [0.3, 0.4) is 0 Å². The number of aromatic nitrogens is 5. The SMILES string of the molecule is CC(Cl)c1nc2cc(F)c(Br)cc2n1CCn1ccnn1. The summed E-state index contributed by atoms with van der Waals surface area (Å²) in [6, 6.07) is 3.13. The minimum absolute atomic E-state index is 0.269. The molecule has 0 N–H and O–H groups in total. The van der Waals surface area contributed by atoms with Crippen LogP contribution in [0.15, 0.2) is 29.0 Å². The predicted octanol–water partition coefficient (Wildman–Crippen LogP) is 3.53. The second kappa shape index (κ2) is 5.73. The number of benzene rings is 1. The van der Waals surface area contributed by atoms with Gasteiger partial charge in [0.2, 0.25) is 0 Å². The molecular formula is C13H12BrClFN5. The summed E-state index contributed by atoms with van der Waals surface area (Å²) in [5.74, 6) is 0.376. The molecule has 0 saturated heterocycles. The van der Waals surface area contributed by atoms with Gasteiger partial charge in [0.25, 0.3) is 0 Å². The van der Waals surface area contributed by atoms with Gasteiger partial charge in [-0.3, -0.25) is 4.68 Å². The molecule has 21 heavy (non-hydrogen) atoms. The van der Waals surface area contributed by atoms with Gasteiger partial charge in [0.05, 0.1) is 33.6 Å². The molecule has 8 heteroatoms. The van der Waals surface area contributed by atoms with E-state index in [2.05, 4.69) is 31.2 Å². The van der Waals surface area contributed by atoms with Crippen molar-refractivity contribution in [2.24, 2.45) is 0 Å². The number of alkyl halides is 1. The van der Waals surface area contributed by atoms with E-state index in [0.717, 1.165) is 5.52 Å². The Labute approximate surface area is 133 Å². The first-order valence-corrected chi connectivity index (χ1v) is 7.62. The van der Waals surface area contributed by atoms with Crippen LogP contribution in [0.1, 0.15) is 18.1 Å². The van der Waals surface area contributed by atoms with Crippen molar-refractivity contribution in [2.75, 3.05) is 0 Å². The average Bonchev–Trinajstić information content (AvgIpc) is 3.05. The van der Waals surface area contributed by atoms with Gasteiger partial charge in [0.15, 0.2) is 0 Å². The number of hydrogen-bond donors (Lipinski definition) is 0. The lowest BCUT2D eigenvalue weighted by Gasteiger charge is -2.10.